The molecule has 48 heavy (non-hydrogen) atoms. The summed E-state index contributed by atoms with van der Waals surface area (Å²) < 4.78 is 45.5. The van der Waals surface area contributed by atoms with Crippen LogP contribution in [0.1, 0.15) is 36.2 Å². The predicted octanol–water partition coefficient (Wildman–Crippen LogP) is 5.99. The van der Waals surface area contributed by atoms with E-state index in [-0.39, 0.29) is 29.4 Å². The number of fused-ring (bicyclic) bond motifs is 1. The van der Waals surface area contributed by atoms with E-state index in [1.54, 1.807) is 29.9 Å². The summed E-state index contributed by atoms with van der Waals surface area (Å²) in [6, 6.07) is 14.6. The minimum atomic E-state index is -0.799. The summed E-state index contributed by atoms with van der Waals surface area (Å²) in [6.45, 7) is 3.82. The average Bonchev–Trinajstić information content (AvgIpc) is 3.76. The summed E-state index contributed by atoms with van der Waals surface area (Å²) in [6.07, 6.45) is 10.6. The molecule has 0 aliphatic carbocycles. The normalized spacial score (nSPS) is 13.5. The van der Waals surface area contributed by atoms with E-state index >= 15 is 4.39 Å². The Balaban J connectivity index is 1.14. The van der Waals surface area contributed by atoms with Crippen LogP contribution in [-0.2, 0) is 0 Å². The first-order valence-corrected chi connectivity index (χ1v) is 15.5. The highest BCUT2D eigenvalue weighted by Crippen LogP contribution is 2.36. The molecule has 244 valence electrons. The average molecular weight is 652 g/mol. The topological polar surface area (TPSA) is 117 Å². The number of halogens is 2. The lowest BCUT2D eigenvalue weighted by molar-refractivity contribution is 0.102. The second kappa shape index (κ2) is 13.1. The molecule has 0 bridgehead atoms. The van der Waals surface area contributed by atoms with Gasteiger partial charge in [-0.15, -0.1) is 0 Å². The number of benzene rings is 2. The van der Waals surface area contributed by atoms with Crippen LogP contribution in [0, 0.1) is 11.6 Å². The Labute approximate surface area is 273 Å². The zero-order valence-corrected chi connectivity index (χ0v) is 25.9. The van der Waals surface area contributed by atoms with Crippen LogP contribution < -0.4 is 25.7 Å². The molecule has 5 heterocycles. The van der Waals surface area contributed by atoms with Gasteiger partial charge in [-0.25, -0.2) is 13.3 Å². The molecule has 7 rings (SSSR count). The maximum atomic E-state index is 15.5. The Morgan fingerprint density at radius 2 is 1.79 bits per heavy atom. The number of aromatic nitrogens is 5. The fourth-order valence-electron chi connectivity index (χ4n) is 5.86. The smallest absolute Gasteiger partial charge is 0.271 e. The molecule has 1 saturated heterocycles. The van der Waals surface area contributed by atoms with Crippen LogP contribution in [0.5, 0.6) is 17.2 Å². The van der Waals surface area contributed by atoms with Crippen LogP contribution in [0.15, 0.2) is 96.4 Å². The lowest BCUT2D eigenvalue weighted by Crippen LogP contribution is -2.29. The maximum Gasteiger partial charge on any atom is 0.271 e. The number of amides is 1. The van der Waals surface area contributed by atoms with E-state index < -0.39 is 23.1 Å². The first-order chi connectivity index (χ1) is 23.4. The Bertz CT molecular complexity index is 2170. The van der Waals surface area contributed by atoms with E-state index in [9.17, 15) is 14.0 Å². The van der Waals surface area contributed by atoms with Crippen LogP contribution in [0.4, 0.5) is 14.5 Å². The fourth-order valence-corrected chi connectivity index (χ4v) is 5.86. The minimum Gasteiger partial charge on any atom is -0.493 e. The lowest BCUT2D eigenvalue weighted by Gasteiger charge is -2.22. The van der Waals surface area contributed by atoms with Gasteiger partial charge < -0.3 is 20.1 Å². The Morgan fingerprint density at radius 3 is 2.56 bits per heavy atom. The summed E-state index contributed by atoms with van der Waals surface area (Å²) in [5, 5.41) is 15.0. The predicted molar refractivity (Wildman–Crippen MR) is 175 cm³/mol. The number of nitrogens with one attached hydrogen (secondary N) is 2. The van der Waals surface area contributed by atoms with Crippen molar-refractivity contribution in [3.63, 3.8) is 0 Å². The molecule has 0 atom stereocenters. The lowest BCUT2D eigenvalue weighted by atomic mass is 10.1. The van der Waals surface area contributed by atoms with E-state index in [4.69, 9.17) is 9.47 Å². The molecule has 1 aliphatic rings. The van der Waals surface area contributed by atoms with Gasteiger partial charge in [0.2, 0.25) is 0 Å². The van der Waals surface area contributed by atoms with Gasteiger partial charge in [0.05, 0.1) is 25.0 Å². The number of rotatable bonds is 9. The number of ether oxygens (including phenoxy) is 2. The quantitative estimate of drug-likeness (QED) is 0.197. The van der Waals surface area contributed by atoms with E-state index in [1.807, 2.05) is 23.1 Å². The Kier molecular flexibility index (Phi) is 8.42. The first kappa shape index (κ1) is 30.8. The number of hydrogen-bond acceptors (Lipinski definition) is 7. The molecule has 2 aromatic carbocycles. The summed E-state index contributed by atoms with van der Waals surface area (Å²) >= 11 is 0. The van der Waals surface area contributed by atoms with Gasteiger partial charge >= 0.3 is 0 Å². The third-order valence-electron chi connectivity index (χ3n) is 8.21. The van der Waals surface area contributed by atoms with Crippen molar-refractivity contribution in [2.75, 3.05) is 25.0 Å². The van der Waals surface area contributed by atoms with Gasteiger partial charge in [-0.3, -0.25) is 18.8 Å². The number of carbonyl (C=O) groups is 1. The molecule has 2 N–H and O–H groups in total. The van der Waals surface area contributed by atoms with Crippen molar-refractivity contribution in [1.29, 1.82) is 0 Å². The van der Waals surface area contributed by atoms with Crippen LogP contribution in [0.2, 0.25) is 0 Å². The SMILES string of the molecule is CCOc1ccn(-c2ccc(F)cc2)c(=O)c1C(=O)Nc1ccc(Oc2ccnn3ccc(-c4cnn(C5CCNCC5)c4)c23)c(F)c1. The Hall–Kier alpha value is -5.82. The van der Waals surface area contributed by atoms with Gasteiger partial charge in [0, 0.05) is 53.2 Å². The molecule has 0 unspecified atom stereocenters. The summed E-state index contributed by atoms with van der Waals surface area (Å²) in [4.78, 5) is 26.8. The standard InChI is InChI=1S/C35H31F2N7O4/c1-2-47-30-13-17-42(25-6-3-23(36)4-7-25)35(46)32(30)34(45)41-24-5-8-29(28(37)19-24)48-31-11-16-39-43-18-12-27(33(31)43)22-20-40-44(21-22)26-9-14-38-15-10-26/h3-8,11-13,16-21,26,38H,2,9-10,14-15H2,1H3,(H,41,45). The largest absolute Gasteiger partial charge is 0.493 e. The molecule has 1 aliphatic heterocycles. The first-order valence-electron chi connectivity index (χ1n) is 15.5. The molecule has 1 amide bonds. The van der Waals surface area contributed by atoms with Gasteiger partial charge in [0.1, 0.15) is 22.6 Å². The Morgan fingerprint density at radius 1 is 0.979 bits per heavy atom. The third-order valence-corrected chi connectivity index (χ3v) is 8.21. The second-order valence-electron chi connectivity index (χ2n) is 11.2. The summed E-state index contributed by atoms with van der Waals surface area (Å²) in [5.74, 6) is -1.64. The van der Waals surface area contributed by atoms with Crippen LogP contribution in [0.25, 0.3) is 22.3 Å². The van der Waals surface area contributed by atoms with Crippen molar-refractivity contribution in [3.8, 4) is 34.1 Å². The zero-order chi connectivity index (χ0) is 33.2. The van der Waals surface area contributed by atoms with Gasteiger partial charge in [0.15, 0.2) is 17.3 Å². The minimum absolute atomic E-state index is 0.0600. The zero-order valence-electron chi connectivity index (χ0n) is 25.9. The molecule has 13 heteroatoms. The van der Waals surface area contributed by atoms with E-state index in [1.165, 1.54) is 53.2 Å². The fraction of sp³-hybridized carbons (Fsp3) is 0.200. The third kappa shape index (κ3) is 6.02. The van der Waals surface area contributed by atoms with E-state index in [2.05, 4.69) is 20.8 Å². The summed E-state index contributed by atoms with van der Waals surface area (Å²) in [7, 11) is 0. The molecule has 11 nitrogen and oxygen atoms in total. The highest BCUT2D eigenvalue weighted by molar-refractivity contribution is 6.06. The summed E-state index contributed by atoms with van der Waals surface area (Å²) in [5.41, 5.74) is 1.85. The number of pyridine rings is 1. The number of hydrogen-bond donors (Lipinski definition) is 2. The van der Waals surface area contributed by atoms with Crippen LogP contribution in [-0.4, -0.2) is 49.6 Å². The van der Waals surface area contributed by atoms with Crippen molar-refractivity contribution >= 4 is 17.1 Å². The van der Waals surface area contributed by atoms with Gasteiger partial charge in [-0.2, -0.15) is 10.2 Å². The van der Waals surface area contributed by atoms with Crippen LogP contribution in [0.3, 0.4) is 0 Å². The molecular formula is C35H31F2N7O4. The number of anilines is 1. The monoisotopic (exact) mass is 651 g/mol. The van der Waals surface area contributed by atoms with Crippen molar-refractivity contribution in [2.45, 2.75) is 25.8 Å². The van der Waals surface area contributed by atoms with Crippen LogP contribution >= 0.6 is 0 Å². The van der Waals surface area contributed by atoms with Crippen molar-refractivity contribution in [2.24, 2.45) is 0 Å². The second-order valence-corrected chi connectivity index (χ2v) is 11.2. The van der Waals surface area contributed by atoms with Gasteiger partial charge in [-0.05, 0) is 81.4 Å². The highest BCUT2D eigenvalue weighted by atomic mass is 19.1. The molecule has 0 spiro atoms. The van der Waals surface area contributed by atoms with E-state index in [0.29, 0.717) is 23.0 Å². The number of piperidine rings is 1. The van der Waals surface area contributed by atoms with Crippen molar-refractivity contribution in [1.82, 2.24) is 29.3 Å². The molecule has 0 saturated carbocycles. The molecule has 1 fully saturated rings. The highest BCUT2D eigenvalue weighted by Gasteiger charge is 2.22. The van der Waals surface area contributed by atoms with Gasteiger partial charge in [0.25, 0.3) is 11.5 Å². The van der Waals surface area contributed by atoms with Crippen molar-refractivity contribution in [3.05, 3.63) is 119 Å². The molecule has 0 radical (unpaired) electrons. The molecular weight excluding hydrogens is 620 g/mol. The molecule has 4 aromatic heterocycles. The maximum absolute atomic E-state index is 15.5. The molecule has 6 aromatic rings. The number of carbonyl (C=O) groups excluding carboxylic acids is 1. The number of nitrogens with zero attached hydrogens (tertiary/aromatic N) is 5. The van der Waals surface area contributed by atoms with E-state index in [0.717, 1.165) is 43.1 Å². The van der Waals surface area contributed by atoms with Gasteiger partial charge in [-0.1, -0.05) is 0 Å². The van der Waals surface area contributed by atoms with Crippen molar-refractivity contribution < 1.29 is 23.0 Å².